The molecule has 1 unspecified atom stereocenters. The third kappa shape index (κ3) is 2.63. The van der Waals surface area contributed by atoms with Gasteiger partial charge in [-0.25, -0.2) is 0 Å². The van der Waals surface area contributed by atoms with E-state index in [1.54, 1.807) is 0 Å². The first-order valence-electron chi connectivity index (χ1n) is 5.04. The van der Waals surface area contributed by atoms with Crippen LogP contribution in [0.4, 0.5) is 13.2 Å². The smallest absolute Gasteiger partial charge is 0.357 e. The molecule has 0 radical (unpaired) electrons. The molecule has 0 spiro atoms. The molecule has 7 heteroatoms. The van der Waals surface area contributed by atoms with Crippen LogP contribution in [0.2, 0.25) is 0 Å². The van der Waals surface area contributed by atoms with Gasteiger partial charge in [0.15, 0.2) is 0 Å². The minimum absolute atomic E-state index is 0.0339. The summed E-state index contributed by atoms with van der Waals surface area (Å²) in [5.41, 5.74) is -2.66. The van der Waals surface area contributed by atoms with Gasteiger partial charge in [-0.3, -0.25) is 4.79 Å². The summed E-state index contributed by atoms with van der Waals surface area (Å²) in [5.74, 6) is -0.812. The van der Waals surface area contributed by atoms with Crippen molar-refractivity contribution < 1.29 is 22.7 Å². The number of thiol groups is 1. The SMILES string of the molecule is O=C(NCCS)C1(C(F)(F)F)CCCCO1. The van der Waals surface area contributed by atoms with Crippen LogP contribution in [0.3, 0.4) is 0 Å². The van der Waals surface area contributed by atoms with E-state index in [-0.39, 0.29) is 19.6 Å². The second kappa shape index (κ2) is 5.27. The zero-order valence-corrected chi connectivity index (χ0v) is 9.53. The van der Waals surface area contributed by atoms with Crippen LogP contribution in [0.15, 0.2) is 0 Å². The Balaban J connectivity index is 2.82. The second-order valence-corrected chi connectivity index (χ2v) is 4.06. The lowest BCUT2D eigenvalue weighted by Crippen LogP contribution is -2.60. The van der Waals surface area contributed by atoms with Crippen LogP contribution in [0, 0.1) is 0 Å². The standard InChI is InChI=1S/C9H14F3NO2S/c10-9(11,12)8(3-1-2-5-15-8)7(14)13-4-6-16/h16H,1-6H2,(H,13,14). The van der Waals surface area contributed by atoms with Gasteiger partial charge in [-0.15, -0.1) is 0 Å². The van der Waals surface area contributed by atoms with Crippen molar-refractivity contribution in [3.05, 3.63) is 0 Å². The number of carbonyl (C=O) groups excluding carboxylic acids is 1. The zero-order valence-electron chi connectivity index (χ0n) is 8.64. The molecule has 0 aromatic heterocycles. The molecule has 94 valence electrons. The summed E-state index contributed by atoms with van der Waals surface area (Å²) in [5, 5.41) is 2.19. The lowest BCUT2D eigenvalue weighted by molar-refractivity contribution is -0.277. The van der Waals surface area contributed by atoms with Gasteiger partial charge in [0.05, 0.1) is 0 Å². The highest BCUT2D eigenvalue weighted by atomic mass is 32.1. The van der Waals surface area contributed by atoms with Crippen molar-refractivity contribution >= 4 is 18.5 Å². The molecule has 1 saturated heterocycles. The molecule has 1 N–H and O–H groups in total. The molecule has 0 bridgehead atoms. The van der Waals surface area contributed by atoms with Gasteiger partial charge in [-0.2, -0.15) is 25.8 Å². The molecule has 0 aliphatic carbocycles. The Kier molecular flexibility index (Phi) is 4.49. The average molecular weight is 257 g/mol. The van der Waals surface area contributed by atoms with Crippen molar-refractivity contribution in [1.29, 1.82) is 0 Å². The van der Waals surface area contributed by atoms with E-state index in [1.165, 1.54) is 0 Å². The highest BCUT2D eigenvalue weighted by Crippen LogP contribution is 2.40. The molecule has 0 aromatic rings. The molecule has 0 saturated carbocycles. The summed E-state index contributed by atoms with van der Waals surface area (Å²) in [7, 11) is 0. The van der Waals surface area contributed by atoms with E-state index in [9.17, 15) is 18.0 Å². The first kappa shape index (κ1) is 13.6. The average Bonchev–Trinajstić information content (AvgIpc) is 2.25. The number of amides is 1. The Morgan fingerprint density at radius 3 is 2.56 bits per heavy atom. The predicted octanol–water partition coefficient (Wildman–Crippen LogP) is 1.53. The number of carbonyl (C=O) groups is 1. The van der Waals surface area contributed by atoms with E-state index >= 15 is 0 Å². The van der Waals surface area contributed by atoms with Crippen LogP contribution in [0.5, 0.6) is 0 Å². The van der Waals surface area contributed by atoms with E-state index in [0.717, 1.165) is 0 Å². The lowest BCUT2D eigenvalue weighted by atomic mass is 9.92. The summed E-state index contributed by atoms with van der Waals surface area (Å²) >= 11 is 3.82. The Morgan fingerprint density at radius 2 is 2.12 bits per heavy atom. The maximum Gasteiger partial charge on any atom is 0.426 e. The van der Waals surface area contributed by atoms with Crippen molar-refractivity contribution in [2.45, 2.75) is 31.0 Å². The van der Waals surface area contributed by atoms with Crippen LogP contribution < -0.4 is 5.32 Å². The summed E-state index contributed by atoms with van der Waals surface area (Å²) in [6.07, 6.45) is -4.09. The Morgan fingerprint density at radius 1 is 1.44 bits per heavy atom. The van der Waals surface area contributed by atoms with Gasteiger partial charge in [0.25, 0.3) is 5.91 Å². The van der Waals surface area contributed by atoms with Crippen molar-refractivity contribution in [3.8, 4) is 0 Å². The Hall–Kier alpha value is -0.430. The number of nitrogens with one attached hydrogen (secondary N) is 1. The van der Waals surface area contributed by atoms with Crippen LogP contribution in [0.25, 0.3) is 0 Å². The van der Waals surface area contributed by atoms with Crippen LogP contribution in [0.1, 0.15) is 19.3 Å². The number of halogens is 3. The first-order valence-corrected chi connectivity index (χ1v) is 5.67. The normalized spacial score (nSPS) is 26.5. The van der Waals surface area contributed by atoms with E-state index in [1.807, 2.05) is 0 Å². The molecular formula is C9H14F3NO2S. The summed E-state index contributed by atoms with van der Waals surface area (Å²) in [6.45, 7) is 0.0664. The summed E-state index contributed by atoms with van der Waals surface area (Å²) in [6, 6.07) is 0. The molecule has 1 rings (SSSR count). The largest absolute Gasteiger partial charge is 0.426 e. The first-order chi connectivity index (χ1) is 7.44. The van der Waals surface area contributed by atoms with Crippen molar-refractivity contribution in [2.75, 3.05) is 18.9 Å². The van der Waals surface area contributed by atoms with Gasteiger partial charge < -0.3 is 10.1 Å². The van der Waals surface area contributed by atoms with Crippen molar-refractivity contribution in [1.82, 2.24) is 5.32 Å². The van der Waals surface area contributed by atoms with Gasteiger partial charge in [-0.1, -0.05) is 0 Å². The maximum atomic E-state index is 12.9. The monoisotopic (exact) mass is 257 g/mol. The highest BCUT2D eigenvalue weighted by Gasteiger charge is 2.61. The Bertz CT molecular complexity index is 252. The number of hydrogen-bond donors (Lipinski definition) is 2. The Labute approximate surface area is 97.1 Å². The molecule has 1 aliphatic rings. The van der Waals surface area contributed by atoms with Gasteiger partial charge >= 0.3 is 6.18 Å². The zero-order chi connectivity index (χ0) is 12.2. The second-order valence-electron chi connectivity index (χ2n) is 3.61. The van der Waals surface area contributed by atoms with Crippen molar-refractivity contribution in [2.24, 2.45) is 0 Å². The molecule has 16 heavy (non-hydrogen) atoms. The molecule has 1 amide bonds. The molecule has 1 atom stereocenters. The van der Waals surface area contributed by atoms with Gasteiger partial charge in [0.1, 0.15) is 0 Å². The third-order valence-electron chi connectivity index (χ3n) is 2.49. The third-order valence-corrected chi connectivity index (χ3v) is 2.72. The van der Waals surface area contributed by atoms with E-state index < -0.39 is 17.7 Å². The van der Waals surface area contributed by atoms with Gasteiger partial charge in [-0.05, 0) is 19.3 Å². The molecule has 3 nitrogen and oxygen atoms in total. The van der Waals surface area contributed by atoms with E-state index in [2.05, 4.69) is 17.9 Å². The number of ether oxygens (including phenoxy) is 1. The highest BCUT2D eigenvalue weighted by molar-refractivity contribution is 7.80. The number of alkyl halides is 3. The lowest BCUT2D eigenvalue weighted by Gasteiger charge is -2.37. The van der Waals surface area contributed by atoms with E-state index in [4.69, 9.17) is 4.74 Å². The topological polar surface area (TPSA) is 38.3 Å². The molecule has 1 aliphatic heterocycles. The fraction of sp³-hybridized carbons (Fsp3) is 0.889. The molecular weight excluding hydrogens is 243 g/mol. The predicted molar refractivity (Wildman–Crippen MR) is 55.5 cm³/mol. The van der Waals surface area contributed by atoms with Crippen molar-refractivity contribution in [3.63, 3.8) is 0 Å². The minimum Gasteiger partial charge on any atom is -0.357 e. The molecule has 1 heterocycles. The van der Waals surface area contributed by atoms with Crippen LogP contribution >= 0.6 is 12.6 Å². The number of rotatable bonds is 3. The fourth-order valence-electron chi connectivity index (χ4n) is 1.64. The number of hydrogen-bond acceptors (Lipinski definition) is 3. The van der Waals surface area contributed by atoms with Crippen LogP contribution in [-0.4, -0.2) is 36.6 Å². The van der Waals surface area contributed by atoms with E-state index in [0.29, 0.717) is 18.6 Å². The summed E-state index contributed by atoms with van der Waals surface area (Å²) in [4.78, 5) is 11.5. The fourth-order valence-corrected chi connectivity index (χ4v) is 1.75. The molecule has 1 fully saturated rings. The van der Waals surface area contributed by atoms with Gasteiger partial charge in [0, 0.05) is 18.9 Å². The quantitative estimate of drug-likeness (QED) is 0.753. The van der Waals surface area contributed by atoms with Crippen LogP contribution in [-0.2, 0) is 9.53 Å². The summed E-state index contributed by atoms with van der Waals surface area (Å²) < 4.78 is 43.3. The maximum absolute atomic E-state index is 12.9. The minimum atomic E-state index is -4.67. The van der Waals surface area contributed by atoms with Gasteiger partial charge in [0.2, 0.25) is 5.60 Å². The molecule has 0 aromatic carbocycles.